The van der Waals surface area contributed by atoms with Gasteiger partial charge in [-0.1, -0.05) is 6.92 Å². The van der Waals surface area contributed by atoms with Crippen LogP contribution in [0.1, 0.15) is 19.8 Å². The predicted molar refractivity (Wildman–Crippen MR) is 69.4 cm³/mol. The van der Waals surface area contributed by atoms with E-state index in [1.165, 1.54) is 12.8 Å². The first-order valence-electron chi connectivity index (χ1n) is 6.23. The van der Waals surface area contributed by atoms with Gasteiger partial charge in [-0.15, -0.1) is 0 Å². The van der Waals surface area contributed by atoms with Gasteiger partial charge in [-0.25, -0.2) is 4.98 Å². The van der Waals surface area contributed by atoms with Crippen LogP contribution in [0.15, 0.2) is 18.3 Å². The summed E-state index contributed by atoms with van der Waals surface area (Å²) in [6.45, 7) is 3.94. The molecule has 1 aromatic heterocycles. The SMILES string of the molecule is COc1cccnc1N1CCCC(C)C1CN. The maximum Gasteiger partial charge on any atom is 0.171 e. The van der Waals surface area contributed by atoms with Crippen molar-refractivity contribution in [3.63, 3.8) is 0 Å². The summed E-state index contributed by atoms with van der Waals surface area (Å²) in [5.74, 6) is 2.37. The Hall–Kier alpha value is -1.29. The molecule has 1 aliphatic rings. The van der Waals surface area contributed by atoms with Crippen LogP contribution in [0.3, 0.4) is 0 Å². The van der Waals surface area contributed by atoms with E-state index in [4.69, 9.17) is 10.5 Å². The number of hydrogen-bond donors (Lipinski definition) is 1. The van der Waals surface area contributed by atoms with Crippen molar-refractivity contribution in [3.8, 4) is 5.75 Å². The van der Waals surface area contributed by atoms with Crippen LogP contribution in [-0.2, 0) is 0 Å². The van der Waals surface area contributed by atoms with Crippen LogP contribution in [0.5, 0.6) is 5.75 Å². The molecule has 0 aromatic carbocycles. The fourth-order valence-corrected chi connectivity index (χ4v) is 2.63. The van der Waals surface area contributed by atoms with Crippen molar-refractivity contribution in [1.29, 1.82) is 0 Å². The quantitative estimate of drug-likeness (QED) is 0.865. The summed E-state index contributed by atoms with van der Waals surface area (Å²) in [5.41, 5.74) is 5.90. The number of nitrogens with two attached hydrogens (primary N) is 1. The highest BCUT2D eigenvalue weighted by atomic mass is 16.5. The number of rotatable bonds is 3. The first-order chi connectivity index (χ1) is 8.27. The Morgan fingerprint density at radius 1 is 1.59 bits per heavy atom. The van der Waals surface area contributed by atoms with E-state index in [0.717, 1.165) is 18.1 Å². The van der Waals surface area contributed by atoms with Gasteiger partial charge in [0.2, 0.25) is 0 Å². The van der Waals surface area contributed by atoms with Gasteiger partial charge in [0.25, 0.3) is 0 Å². The lowest BCUT2D eigenvalue weighted by Crippen LogP contribution is -2.49. The first kappa shape index (κ1) is 12.2. The van der Waals surface area contributed by atoms with Crippen LogP contribution in [0.4, 0.5) is 5.82 Å². The van der Waals surface area contributed by atoms with E-state index < -0.39 is 0 Å². The summed E-state index contributed by atoms with van der Waals surface area (Å²) in [4.78, 5) is 6.75. The molecule has 2 N–H and O–H groups in total. The zero-order valence-corrected chi connectivity index (χ0v) is 10.6. The van der Waals surface area contributed by atoms with Crippen molar-refractivity contribution >= 4 is 5.82 Å². The molecular formula is C13H21N3O. The standard InChI is InChI=1S/C13H21N3O/c1-10-5-4-8-16(11(10)9-14)13-12(17-2)6-3-7-15-13/h3,6-7,10-11H,4-5,8-9,14H2,1-2H3. The second kappa shape index (κ2) is 5.36. The van der Waals surface area contributed by atoms with Crippen molar-refractivity contribution in [2.45, 2.75) is 25.8 Å². The van der Waals surface area contributed by atoms with Crippen molar-refractivity contribution in [2.24, 2.45) is 11.7 Å². The second-order valence-electron chi connectivity index (χ2n) is 4.65. The Morgan fingerprint density at radius 3 is 3.12 bits per heavy atom. The van der Waals surface area contributed by atoms with Crippen molar-refractivity contribution in [1.82, 2.24) is 4.98 Å². The normalized spacial score (nSPS) is 24.8. The number of pyridine rings is 1. The van der Waals surface area contributed by atoms with Gasteiger partial charge in [-0.2, -0.15) is 0 Å². The van der Waals surface area contributed by atoms with E-state index in [1.54, 1.807) is 7.11 Å². The average Bonchev–Trinajstić information content (AvgIpc) is 2.38. The number of hydrogen-bond acceptors (Lipinski definition) is 4. The van der Waals surface area contributed by atoms with Gasteiger partial charge in [0, 0.05) is 25.3 Å². The molecule has 0 amide bonds. The van der Waals surface area contributed by atoms with Crippen molar-refractivity contribution in [2.75, 3.05) is 25.1 Å². The van der Waals surface area contributed by atoms with Gasteiger partial charge in [-0.05, 0) is 30.9 Å². The van der Waals surface area contributed by atoms with Crippen molar-refractivity contribution < 1.29 is 4.74 Å². The molecule has 4 nitrogen and oxygen atoms in total. The maximum absolute atomic E-state index is 5.90. The van der Waals surface area contributed by atoms with Crippen LogP contribution in [-0.4, -0.2) is 31.2 Å². The Bertz CT molecular complexity index is 369. The van der Waals surface area contributed by atoms with Crippen LogP contribution in [0, 0.1) is 5.92 Å². The van der Waals surface area contributed by atoms with E-state index in [0.29, 0.717) is 18.5 Å². The Morgan fingerprint density at radius 2 is 2.41 bits per heavy atom. The minimum atomic E-state index is 0.368. The third kappa shape index (κ3) is 2.36. The second-order valence-corrected chi connectivity index (χ2v) is 4.65. The molecule has 94 valence electrons. The maximum atomic E-state index is 5.90. The number of aromatic nitrogens is 1. The molecule has 1 aliphatic heterocycles. The smallest absolute Gasteiger partial charge is 0.171 e. The summed E-state index contributed by atoms with van der Waals surface area (Å²) in [6, 6.07) is 4.22. The topological polar surface area (TPSA) is 51.4 Å². The summed E-state index contributed by atoms with van der Waals surface area (Å²) >= 11 is 0. The summed E-state index contributed by atoms with van der Waals surface area (Å²) in [7, 11) is 1.69. The third-order valence-electron chi connectivity index (χ3n) is 3.60. The highest BCUT2D eigenvalue weighted by molar-refractivity contribution is 5.53. The lowest BCUT2D eigenvalue weighted by molar-refractivity contribution is 0.341. The van der Waals surface area contributed by atoms with E-state index >= 15 is 0 Å². The van der Waals surface area contributed by atoms with Crippen LogP contribution < -0.4 is 15.4 Å². The number of piperidine rings is 1. The molecule has 0 bridgehead atoms. The van der Waals surface area contributed by atoms with Gasteiger partial charge in [0.15, 0.2) is 11.6 Å². The van der Waals surface area contributed by atoms with Gasteiger partial charge in [-0.3, -0.25) is 0 Å². The molecule has 1 saturated heterocycles. The fourth-order valence-electron chi connectivity index (χ4n) is 2.63. The molecule has 2 heterocycles. The number of methoxy groups -OCH3 is 1. The molecule has 2 unspecified atom stereocenters. The zero-order chi connectivity index (χ0) is 12.3. The molecule has 17 heavy (non-hydrogen) atoms. The predicted octanol–water partition coefficient (Wildman–Crippen LogP) is 1.65. The lowest BCUT2D eigenvalue weighted by Gasteiger charge is -2.40. The minimum Gasteiger partial charge on any atom is -0.493 e. The summed E-state index contributed by atoms with van der Waals surface area (Å²) in [5, 5.41) is 0. The van der Waals surface area contributed by atoms with Crippen LogP contribution >= 0.6 is 0 Å². The molecule has 0 radical (unpaired) electrons. The number of ether oxygens (including phenoxy) is 1. The van der Waals surface area contributed by atoms with Crippen LogP contribution in [0.25, 0.3) is 0 Å². The monoisotopic (exact) mass is 235 g/mol. The fraction of sp³-hybridized carbons (Fsp3) is 0.615. The molecule has 1 fully saturated rings. The highest BCUT2D eigenvalue weighted by Crippen LogP contribution is 2.32. The number of anilines is 1. The Balaban J connectivity index is 2.30. The van der Waals surface area contributed by atoms with E-state index in [9.17, 15) is 0 Å². The molecule has 0 saturated carbocycles. The molecule has 0 spiro atoms. The molecule has 0 aliphatic carbocycles. The van der Waals surface area contributed by atoms with E-state index in [2.05, 4.69) is 16.8 Å². The Kier molecular flexibility index (Phi) is 3.84. The third-order valence-corrected chi connectivity index (χ3v) is 3.60. The van der Waals surface area contributed by atoms with Gasteiger partial charge in [0.1, 0.15) is 0 Å². The van der Waals surface area contributed by atoms with E-state index in [-0.39, 0.29) is 0 Å². The molecule has 1 aromatic rings. The molecule has 2 atom stereocenters. The Labute approximate surface area is 103 Å². The molecule has 4 heteroatoms. The highest BCUT2D eigenvalue weighted by Gasteiger charge is 2.29. The van der Waals surface area contributed by atoms with Crippen LogP contribution in [0.2, 0.25) is 0 Å². The van der Waals surface area contributed by atoms with Gasteiger partial charge in [0.05, 0.1) is 7.11 Å². The number of nitrogens with zero attached hydrogens (tertiary/aromatic N) is 2. The minimum absolute atomic E-state index is 0.368. The zero-order valence-electron chi connectivity index (χ0n) is 10.6. The summed E-state index contributed by atoms with van der Waals surface area (Å²) in [6.07, 6.45) is 4.25. The molecular weight excluding hydrogens is 214 g/mol. The van der Waals surface area contributed by atoms with E-state index in [1.807, 2.05) is 18.3 Å². The van der Waals surface area contributed by atoms with Crippen molar-refractivity contribution in [3.05, 3.63) is 18.3 Å². The van der Waals surface area contributed by atoms with Gasteiger partial charge < -0.3 is 15.4 Å². The summed E-state index contributed by atoms with van der Waals surface area (Å²) < 4.78 is 5.38. The first-order valence-corrected chi connectivity index (χ1v) is 6.23. The molecule has 2 rings (SSSR count). The largest absolute Gasteiger partial charge is 0.493 e. The van der Waals surface area contributed by atoms with Gasteiger partial charge >= 0.3 is 0 Å². The average molecular weight is 235 g/mol. The lowest BCUT2D eigenvalue weighted by atomic mass is 9.91.